The lowest BCUT2D eigenvalue weighted by atomic mass is 9.88. The molecule has 2 aromatic rings. The molecule has 1 aromatic carbocycles. The summed E-state index contributed by atoms with van der Waals surface area (Å²) in [4.78, 5) is 13.2. The molecule has 0 radical (unpaired) electrons. The molecule has 2 N–H and O–H groups in total. The molecule has 0 saturated heterocycles. The first-order valence-electron chi connectivity index (χ1n) is 9.73. The highest BCUT2D eigenvalue weighted by Gasteiger charge is 2.29. The largest absolute Gasteiger partial charge is 0.349 e. The van der Waals surface area contributed by atoms with E-state index in [1.54, 1.807) is 31.2 Å². The number of anilines is 1. The van der Waals surface area contributed by atoms with Crippen LogP contribution in [0.15, 0.2) is 29.2 Å². The Morgan fingerprint density at radius 1 is 1.07 bits per heavy atom. The molecule has 0 saturated carbocycles. The molecule has 7 nitrogen and oxygen atoms in total. The third-order valence-corrected chi connectivity index (χ3v) is 6.37. The lowest BCUT2D eigenvalue weighted by Gasteiger charge is -2.28. The number of carbonyl (C=O) groups is 1. The normalized spacial score (nSPS) is 13.4. The minimum Gasteiger partial charge on any atom is -0.349 e. The summed E-state index contributed by atoms with van der Waals surface area (Å²) in [5, 5.41) is 7.40. The van der Waals surface area contributed by atoms with E-state index in [2.05, 4.69) is 15.1 Å². The number of rotatable bonds is 6. The fourth-order valence-corrected chi connectivity index (χ4v) is 3.74. The van der Waals surface area contributed by atoms with Crippen LogP contribution >= 0.6 is 0 Å². The average Bonchev–Trinajstić information content (AvgIpc) is 2.90. The van der Waals surface area contributed by atoms with E-state index in [9.17, 15) is 13.2 Å². The molecule has 1 heterocycles. The quantitative estimate of drug-likeness (QED) is 0.737. The van der Waals surface area contributed by atoms with E-state index in [1.807, 2.05) is 48.5 Å². The van der Waals surface area contributed by atoms with E-state index in [-0.39, 0.29) is 39.7 Å². The van der Waals surface area contributed by atoms with E-state index in [0.29, 0.717) is 5.69 Å². The van der Waals surface area contributed by atoms with Crippen molar-refractivity contribution in [2.24, 2.45) is 5.41 Å². The molecular formula is C21H32N4O3S. The zero-order chi connectivity index (χ0) is 22.1. The third kappa shape index (κ3) is 5.18. The number of aryl methyl sites for hydroxylation is 2. The Morgan fingerprint density at radius 2 is 1.62 bits per heavy atom. The van der Waals surface area contributed by atoms with Gasteiger partial charge in [0.15, 0.2) is 5.82 Å². The van der Waals surface area contributed by atoms with Crippen LogP contribution in [0.5, 0.6) is 0 Å². The van der Waals surface area contributed by atoms with Gasteiger partial charge in [0.2, 0.25) is 0 Å². The molecule has 1 aromatic heterocycles. The van der Waals surface area contributed by atoms with Gasteiger partial charge in [-0.15, -0.1) is 0 Å². The molecule has 0 bridgehead atoms. The second-order valence-electron chi connectivity index (χ2n) is 8.83. The van der Waals surface area contributed by atoms with Crippen molar-refractivity contribution in [1.29, 1.82) is 0 Å². The number of sulfonamides is 1. The van der Waals surface area contributed by atoms with Crippen LogP contribution < -0.4 is 10.0 Å². The van der Waals surface area contributed by atoms with Crippen molar-refractivity contribution in [1.82, 2.24) is 15.1 Å². The van der Waals surface area contributed by atoms with E-state index in [0.717, 1.165) is 5.56 Å². The maximum Gasteiger partial charge on any atom is 0.263 e. The fourth-order valence-electron chi connectivity index (χ4n) is 2.68. The van der Waals surface area contributed by atoms with Gasteiger partial charge in [0, 0.05) is 12.1 Å². The summed E-state index contributed by atoms with van der Waals surface area (Å²) in [5.74, 6) is -0.171. The number of nitrogens with one attached hydrogen (secondary N) is 2. The highest BCUT2D eigenvalue weighted by atomic mass is 32.2. The van der Waals surface area contributed by atoms with Gasteiger partial charge in [0.1, 0.15) is 5.56 Å². The molecule has 0 aliphatic rings. The van der Waals surface area contributed by atoms with Crippen LogP contribution in [0, 0.1) is 19.3 Å². The second-order valence-corrected chi connectivity index (χ2v) is 10.5. The van der Waals surface area contributed by atoms with Crippen molar-refractivity contribution in [3.05, 3.63) is 41.1 Å². The van der Waals surface area contributed by atoms with Crippen LogP contribution in [0.3, 0.4) is 0 Å². The first kappa shape index (κ1) is 22.9. The summed E-state index contributed by atoms with van der Waals surface area (Å²) in [6.45, 7) is 15.4. The number of hydrogen-bond acceptors (Lipinski definition) is 4. The maximum atomic E-state index is 13.0. The second kappa shape index (κ2) is 8.18. The molecule has 160 valence electrons. The van der Waals surface area contributed by atoms with Crippen LogP contribution in [-0.2, 0) is 10.0 Å². The molecule has 29 heavy (non-hydrogen) atoms. The molecular weight excluding hydrogens is 388 g/mol. The highest BCUT2D eigenvalue weighted by Crippen LogP contribution is 2.27. The molecule has 2 rings (SSSR count). The molecule has 0 aliphatic heterocycles. The summed E-state index contributed by atoms with van der Waals surface area (Å²) in [6, 6.07) is 6.31. The number of amides is 1. The Balaban J connectivity index is 2.50. The molecule has 1 amide bonds. The smallest absolute Gasteiger partial charge is 0.263 e. The lowest BCUT2D eigenvalue weighted by Crippen LogP contribution is -2.41. The minimum absolute atomic E-state index is 0.113. The standard InChI is InChI=1S/C21H32N4O3S/c1-13(2)25-19(24-29(27,28)17-11-9-14(3)10-12-17)18(15(4)23-25)20(26)22-16(5)21(6,7)8/h9-13,16,24H,1-8H3,(H,22,26)/t16-/m0/s1. The lowest BCUT2D eigenvalue weighted by molar-refractivity contribution is 0.0910. The van der Waals surface area contributed by atoms with E-state index >= 15 is 0 Å². The van der Waals surface area contributed by atoms with Gasteiger partial charge in [-0.3, -0.25) is 9.52 Å². The number of benzene rings is 1. The monoisotopic (exact) mass is 420 g/mol. The zero-order valence-corrected chi connectivity index (χ0v) is 19.3. The predicted octanol–water partition coefficient (Wildman–Crippen LogP) is 4.05. The van der Waals surface area contributed by atoms with Crippen molar-refractivity contribution in [2.45, 2.75) is 72.4 Å². The Morgan fingerprint density at radius 3 is 2.10 bits per heavy atom. The Kier molecular flexibility index (Phi) is 6.47. The summed E-state index contributed by atoms with van der Waals surface area (Å²) in [6.07, 6.45) is 0. The fraction of sp³-hybridized carbons (Fsp3) is 0.524. The van der Waals surface area contributed by atoms with Gasteiger partial charge in [-0.2, -0.15) is 5.10 Å². The third-order valence-electron chi connectivity index (χ3n) is 5.01. The van der Waals surface area contributed by atoms with Gasteiger partial charge < -0.3 is 5.32 Å². The SMILES string of the molecule is Cc1ccc(S(=O)(=O)Nc2c(C(=O)N[C@@H](C)C(C)(C)C)c(C)nn2C(C)C)cc1. The van der Waals surface area contributed by atoms with E-state index < -0.39 is 10.0 Å². The highest BCUT2D eigenvalue weighted by molar-refractivity contribution is 7.92. The van der Waals surface area contributed by atoms with E-state index in [4.69, 9.17) is 0 Å². The number of aromatic nitrogens is 2. The number of hydrogen-bond donors (Lipinski definition) is 2. The van der Waals surface area contributed by atoms with Crippen molar-refractivity contribution >= 4 is 21.7 Å². The molecule has 1 atom stereocenters. The van der Waals surface area contributed by atoms with Crippen molar-refractivity contribution in [3.63, 3.8) is 0 Å². The molecule has 0 spiro atoms. The summed E-state index contributed by atoms with van der Waals surface area (Å²) in [5.41, 5.74) is 1.53. The summed E-state index contributed by atoms with van der Waals surface area (Å²) < 4.78 is 30.1. The average molecular weight is 421 g/mol. The molecule has 0 aliphatic carbocycles. The van der Waals surface area contributed by atoms with Gasteiger partial charge in [-0.25, -0.2) is 13.1 Å². The van der Waals surface area contributed by atoms with Crippen molar-refractivity contribution in [2.75, 3.05) is 4.72 Å². The molecule has 8 heteroatoms. The van der Waals surface area contributed by atoms with Crippen LogP contribution in [0.4, 0.5) is 5.82 Å². The molecule has 0 unspecified atom stereocenters. The van der Waals surface area contributed by atoms with Crippen LogP contribution in [0.2, 0.25) is 0 Å². The van der Waals surface area contributed by atoms with Gasteiger partial charge in [0.05, 0.1) is 10.6 Å². The van der Waals surface area contributed by atoms with Crippen LogP contribution in [-0.4, -0.2) is 30.1 Å². The number of carbonyl (C=O) groups excluding carboxylic acids is 1. The number of nitrogens with zero attached hydrogens (tertiary/aromatic N) is 2. The maximum absolute atomic E-state index is 13.0. The van der Waals surface area contributed by atoms with Crippen molar-refractivity contribution < 1.29 is 13.2 Å². The van der Waals surface area contributed by atoms with Gasteiger partial charge >= 0.3 is 0 Å². The summed E-state index contributed by atoms with van der Waals surface area (Å²) >= 11 is 0. The van der Waals surface area contributed by atoms with E-state index in [1.165, 1.54) is 4.68 Å². The van der Waals surface area contributed by atoms with Gasteiger partial charge in [0.25, 0.3) is 15.9 Å². The Bertz CT molecular complexity index is 984. The van der Waals surface area contributed by atoms with Crippen LogP contribution in [0.1, 0.15) is 69.2 Å². The van der Waals surface area contributed by atoms with Gasteiger partial charge in [-0.05, 0) is 52.2 Å². The van der Waals surface area contributed by atoms with Crippen LogP contribution in [0.25, 0.3) is 0 Å². The first-order valence-corrected chi connectivity index (χ1v) is 11.2. The molecule has 0 fully saturated rings. The van der Waals surface area contributed by atoms with Crippen molar-refractivity contribution in [3.8, 4) is 0 Å². The zero-order valence-electron chi connectivity index (χ0n) is 18.5. The van der Waals surface area contributed by atoms with Gasteiger partial charge in [-0.1, -0.05) is 38.5 Å². The topological polar surface area (TPSA) is 93.1 Å². The summed E-state index contributed by atoms with van der Waals surface area (Å²) in [7, 11) is -3.88. The first-order chi connectivity index (χ1) is 13.2. The Hall–Kier alpha value is -2.35. The predicted molar refractivity (Wildman–Crippen MR) is 116 cm³/mol. The minimum atomic E-state index is -3.88. The Labute approximate surface area is 173 Å².